The van der Waals surface area contributed by atoms with E-state index in [9.17, 15) is 23.8 Å². The molecule has 4 bridgehead atoms. The Hall–Kier alpha value is -0.790. The molecule has 4 fully saturated rings. The molecule has 0 radical (unpaired) electrons. The molecule has 0 aromatic heterocycles. The van der Waals surface area contributed by atoms with Crippen LogP contribution in [0.3, 0.4) is 0 Å². The van der Waals surface area contributed by atoms with E-state index < -0.39 is 41.2 Å². The van der Waals surface area contributed by atoms with Crippen molar-refractivity contribution in [2.45, 2.75) is 77.1 Å². The SMILES string of the molecule is CC(C)(C)C(F)(F)OCC(O)COC(=O)C12CC3CC(CC(O)(C3)C1)C2. The van der Waals surface area contributed by atoms with Gasteiger partial charge >= 0.3 is 12.1 Å². The van der Waals surface area contributed by atoms with Crippen LogP contribution >= 0.6 is 0 Å². The molecule has 3 unspecified atom stereocenters. The van der Waals surface area contributed by atoms with Gasteiger partial charge in [-0.1, -0.05) is 20.8 Å². The van der Waals surface area contributed by atoms with Gasteiger partial charge in [-0.25, -0.2) is 0 Å². The Morgan fingerprint density at radius 2 is 1.73 bits per heavy atom. The highest BCUT2D eigenvalue weighted by Crippen LogP contribution is 2.61. The highest BCUT2D eigenvalue weighted by atomic mass is 19.3. The monoisotopic (exact) mass is 376 g/mol. The fraction of sp³-hybridized carbons (Fsp3) is 0.947. The van der Waals surface area contributed by atoms with Crippen LogP contribution in [0, 0.1) is 22.7 Å². The van der Waals surface area contributed by atoms with Gasteiger partial charge in [0.25, 0.3) is 0 Å². The van der Waals surface area contributed by atoms with E-state index in [1.165, 1.54) is 20.8 Å². The topological polar surface area (TPSA) is 76.0 Å². The van der Waals surface area contributed by atoms with E-state index in [1.54, 1.807) is 0 Å². The first-order chi connectivity index (χ1) is 11.8. The maximum absolute atomic E-state index is 13.8. The van der Waals surface area contributed by atoms with E-state index in [2.05, 4.69) is 4.74 Å². The molecule has 0 heterocycles. The van der Waals surface area contributed by atoms with Crippen LogP contribution in [0.5, 0.6) is 0 Å². The number of carbonyl (C=O) groups is 1. The van der Waals surface area contributed by atoms with Gasteiger partial charge in [0.2, 0.25) is 0 Å². The number of hydrogen-bond acceptors (Lipinski definition) is 5. The van der Waals surface area contributed by atoms with Crippen molar-refractivity contribution in [1.82, 2.24) is 0 Å². The van der Waals surface area contributed by atoms with Crippen LogP contribution < -0.4 is 0 Å². The Bertz CT molecular complexity index is 543. The summed E-state index contributed by atoms with van der Waals surface area (Å²) in [7, 11) is 0. The van der Waals surface area contributed by atoms with Gasteiger partial charge in [-0.15, -0.1) is 0 Å². The Morgan fingerprint density at radius 1 is 1.15 bits per heavy atom. The van der Waals surface area contributed by atoms with E-state index in [0.717, 1.165) is 19.3 Å². The molecule has 4 rings (SSSR count). The normalized spacial score (nSPS) is 37.7. The van der Waals surface area contributed by atoms with Crippen molar-refractivity contribution in [2.24, 2.45) is 22.7 Å². The van der Waals surface area contributed by atoms with Crippen LogP contribution in [-0.2, 0) is 14.3 Å². The summed E-state index contributed by atoms with van der Waals surface area (Å²) in [5.41, 5.74) is -2.85. The molecule has 0 aliphatic heterocycles. The molecule has 4 aliphatic carbocycles. The summed E-state index contributed by atoms with van der Waals surface area (Å²) in [6.45, 7) is 3.04. The Balaban J connectivity index is 1.51. The molecule has 0 amide bonds. The Labute approximate surface area is 153 Å². The van der Waals surface area contributed by atoms with Gasteiger partial charge < -0.3 is 19.7 Å². The summed E-state index contributed by atoms with van der Waals surface area (Å²) < 4.78 is 37.3. The maximum atomic E-state index is 13.8. The minimum atomic E-state index is -3.39. The standard InChI is InChI=1S/C19H30F2O5/c1-16(2,3)19(20,21)26-10-14(22)9-25-15(23)17-5-12-4-13(6-17)8-18(24,7-12)11-17/h12-14,22,24H,4-11H2,1-3H3. The zero-order chi connectivity index (χ0) is 19.4. The Morgan fingerprint density at radius 3 is 2.23 bits per heavy atom. The van der Waals surface area contributed by atoms with Crippen molar-refractivity contribution in [3.8, 4) is 0 Å². The number of hydrogen-bond donors (Lipinski definition) is 2. The minimum absolute atomic E-state index is 0.340. The second-order valence-corrected chi connectivity index (χ2v) is 9.80. The number of aliphatic hydroxyl groups is 2. The highest BCUT2D eigenvalue weighted by molar-refractivity contribution is 5.77. The van der Waals surface area contributed by atoms with Crippen LogP contribution in [0.25, 0.3) is 0 Å². The molecule has 0 aromatic carbocycles. The number of esters is 1. The summed E-state index contributed by atoms with van der Waals surface area (Å²) in [6.07, 6.45) is -0.340. The molecule has 0 aromatic rings. The van der Waals surface area contributed by atoms with E-state index in [-0.39, 0.29) is 6.61 Å². The van der Waals surface area contributed by atoms with E-state index in [4.69, 9.17) is 4.74 Å². The molecule has 4 saturated carbocycles. The van der Waals surface area contributed by atoms with Crippen molar-refractivity contribution in [3.05, 3.63) is 0 Å². The third-order valence-electron chi connectivity index (χ3n) is 6.20. The van der Waals surface area contributed by atoms with Crippen molar-refractivity contribution in [3.63, 3.8) is 0 Å². The summed E-state index contributed by atoms with van der Waals surface area (Å²) in [5.74, 6) is 0.256. The number of ether oxygens (including phenoxy) is 2. The van der Waals surface area contributed by atoms with Crippen molar-refractivity contribution in [2.75, 3.05) is 13.2 Å². The lowest BCUT2D eigenvalue weighted by molar-refractivity contribution is -0.302. The van der Waals surface area contributed by atoms with Crippen molar-refractivity contribution in [1.29, 1.82) is 0 Å². The molecular formula is C19H30F2O5. The van der Waals surface area contributed by atoms with Crippen LogP contribution in [0.2, 0.25) is 0 Å². The van der Waals surface area contributed by atoms with Gasteiger partial charge in [0.05, 0.1) is 23.0 Å². The quantitative estimate of drug-likeness (QED) is 0.697. The molecule has 2 N–H and O–H groups in total. The molecule has 4 aliphatic rings. The summed E-state index contributed by atoms with van der Waals surface area (Å²) in [4.78, 5) is 12.7. The number of halogens is 2. The average molecular weight is 376 g/mol. The highest BCUT2D eigenvalue weighted by Gasteiger charge is 2.61. The van der Waals surface area contributed by atoms with E-state index in [1.807, 2.05) is 0 Å². The fourth-order valence-corrected chi connectivity index (χ4v) is 5.24. The number of rotatable bonds is 6. The van der Waals surface area contributed by atoms with E-state index >= 15 is 0 Å². The maximum Gasteiger partial charge on any atom is 0.360 e. The van der Waals surface area contributed by atoms with Crippen LogP contribution in [0.15, 0.2) is 0 Å². The first kappa shape index (κ1) is 20.0. The predicted octanol–water partition coefficient (Wildman–Crippen LogP) is 2.88. The largest absolute Gasteiger partial charge is 0.462 e. The van der Waals surface area contributed by atoms with Gasteiger partial charge in [-0.05, 0) is 50.4 Å². The second kappa shape index (κ2) is 6.38. The van der Waals surface area contributed by atoms with E-state index in [0.29, 0.717) is 31.1 Å². The molecule has 150 valence electrons. The lowest BCUT2D eigenvalue weighted by Crippen LogP contribution is -2.58. The fourth-order valence-electron chi connectivity index (χ4n) is 5.24. The molecule has 0 spiro atoms. The summed E-state index contributed by atoms with van der Waals surface area (Å²) >= 11 is 0. The molecule has 0 saturated heterocycles. The van der Waals surface area contributed by atoms with Gasteiger partial charge in [-0.3, -0.25) is 4.79 Å². The molecular weight excluding hydrogens is 346 g/mol. The minimum Gasteiger partial charge on any atom is -0.462 e. The molecule has 3 atom stereocenters. The van der Waals surface area contributed by atoms with Crippen LogP contribution in [0.1, 0.15) is 59.3 Å². The smallest absolute Gasteiger partial charge is 0.360 e. The third kappa shape index (κ3) is 3.76. The molecule has 26 heavy (non-hydrogen) atoms. The first-order valence-electron chi connectivity index (χ1n) is 9.44. The second-order valence-electron chi connectivity index (χ2n) is 9.80. The zero-order valence-corrected chi connectivity index (χ0v) is 15.8. The predicted molar refractivity (Wildman–Crippen MR) is 89.4 cm³/mol. The van der Waals surface area contributed by atoms with Gasteiger partial charge in [0, 0.05) is 0 Å². The van der Waals surface area contributed by atoms with Crippen molar-refractivity contribution < 1.29 is 33.3 Å². The molecule has 7 heteroatoms. The number of aliphatic hydroxyl groups excluding tert-OH is 1. The van der Waals surface area contributed by atoms with Crippen LogP contribution in [-0.4, -0.2) is 47.2 Å². The Kier molecular flexibility index (Phi) is 4.90. The first-order valence-corrected chi connectivity index (χ1v) is 9.44. The average Bonchev–Trinajstić information content (AvgIpc) is 2.47. The van der Waals surface area contributed by atoms with Gasteiger partial charge in [0.1, 0.15) is 12.7 Å². The summed E-state index contributed by atoms with van der Waals surface area (Å²) in [5, 5.41) is 20.6. The molecule has 5 nitrogen and oxygen atoms in total. The number of carbonyl (C=O) groups excluding carboxylic acids is 1. The number of alkyl halides is 2. The zero-order valence-electron chi connectivity index (χ0n) is 15.8. The lowest BCUT2D eigenvalue weighted by atomic mass is 9.48. The van der Waals surface area contributed by atoms with Gasteiger partial charge in [-0.2, -0.15) is 8.78 Å². The summed E-state index contributed by atoms with van der Waals surface area (Å²) in [6, 6.07) is 0. The van der Waals surface area contributed by atoms with Crippen LogP contribution in [0.4, 0.5) is 8.78 Å². The third-order valence-corrected chi connectivity index (χ3v) is 6.20. The van der Waals surface area contributed by atoms with Gasteiger partial charge in [0.15, 0.2) is 0 Å². The lowest BCUT2D eigenvalue weighted by Gasteiger charge is -2.58. The van der Waals surface area contributed by atoms with Crippen molar-refractivity contribution >= 4 is 5.97 Å².